The molecule has 4 nitrogen and oxygen atoms in total. The van der Waals surface area contributed by atoms with Crippen molar-refractivity contribution >= 4 is 33.3 Å². The maximum Gasteiger partial charge on any atom is 0.267 e. The Morgan fingerprint density at radius 1 is 1.33 bits per heavy atom. The van der Waals surface area contributed by atoms with Crippen LogP contribution in [0.3, 0.4) is 0 Å². The van der Waals surface area contributed by atoms with E-state index in [2.05, 4.69) is 6.92 Å². The molecule has 0 aliphatic heterocycles. The van der Waals surface area contributed by atoms with Crippen molar-refractivity contribution in [1.29, 1.82) is 0 Å². The molecule has 0 fully saturated rings. The molecule has 2 aromatic heterocycles. The standard InChI is InChI=1S/C18H18N2O2S2/c1-3-23-18-19-16-15(11-7-6-10-14(11)24-16)17(21)20(18)12-8-4-5-9-13(12)22-2/h4-5,8-9H,3,6-7,10H2,1-2H3. The summed E-state index contributed by atoms with van der Waals surface area (Å²) in [5, 5.41) is 1.54. The first kappa shape index (κ1) is 15.7. The molecule has 0 bridgehead atoms. The fraction of sp³-hybridized carbons (Fsp3) is 0.333. The lowest BCUT2D eigenvalue weighted by Gasteiger charge is -2.14. The number of nitrogens with zero attached hydrogens (tertiary/aromatic N) is 2. The molecule has 0 saturated heterocycles. The zero-order chi connectivity index (χ0) is 16.7. The van der Waals surface area contributed by atoms with Crippen LogP contribution in [0.1, 0.15) is 23.8 Å². The van der Waals surface area contributed by atoms with Crippen LogP contribution < -0.4 is 10.3 Å². The summed E-state index contributed by atoms with van der Waals surface area (Å²) in [6, 6.07) is 7.63. The molecule has 0 unspecified atom stereocenters. The summed E-state index contributed by atoms with van der Waals surface area (Å²) < 4.78 is 7.20. The average molecular weight is 358 g/mol. The second-order valence-corrected chi connectivity index (χ2v) is 7.99. The lowest BCUT2D eigenvalue weighted by atomic mass is 10.2. The van der Waals surface area contributed by atoms with Gasteiger partial charge in [-0.05, 0) is 42.7 Å². The quantitative estimate of drug-likeness (QED) is 0.521. The van der Waals surface area contributed by atoms with Gasteiger partial charge < -0.3 is 4.74 Å². The Morgan fingerprint density at radius 2 is 2.17 bits per heavy atom. The molecule has 0 N–H and O–H groups in total. The molecule has 4 rings (SSSR count). The van der Waals surface area contributed by atoms with Crippen molar-refractivity contribution in [3.8, 4) is 11.4 Å². The number of ether oxygens (including phenoxy) is 1. The molecule has 0 amide bonds. The minimum atomic E-state index is 0.0276. The van der Waals surface area contributed by atoms with Crippen LogP contribution in [0.15, 0.2) is 34.2 Å². The predicted molar refractivity (Wildman–Crippen MR) is 100 cm³/mol. The monoisotopic (exact) mass is 358 g/mol. The molecular weight excluding hydrogens is 340 g/mol. The van der Waals surface area contributed by atoms with E-state index in [0.29, 0.717) is 5.75 Å². The maximum atomic E-state index is 13.4. The summed E-state index contributed by atoms with van der Waals surface area (Å²) in [6.45, 7) is 2.07. The first-order chi connectivity index (χ1) is 11.7. The van der Waals surface area contributed by atoms with Gasteiger partial charge in [0.15, 0.2) is 5.16 Å². The Morgan fingerprint density at radius 3 is 2.96 bits per heavy atom. The van der Waals surface area contributed by atoms with Gasteiger partial charge in [-0.1, -0.05) is 30.8 Å². The van der Waals surface area contributed by atoms with Crippen LogP contribution in [0.25, 0.3) is 15.9 Å². The number of fused-ring (bicyclic) bond motifs is 3. The van der Waals surface area contributed by atoms with Crippen LogP contribution in [0.2, 0.25) is 0 Å². The molecule has 124 valence electrons. The maximum absolute atomic E-state index is 13.4. The minimum absolute atomic E-state index is 0.0276. The number of thiophene rings is 1. The van der Waals surface area contributed by atoms with Crippen molar-refractivity contribution in [2.75, 3.05) is 12.9 Å². The molecule has 2 heterocycles. The Hall–Kier alpha value is -1.79. The van der Waals surface area contributed by atoms with Crippen LogP contribution >= 0.6 is 23.1 Å². The molecule has 1 aromatic carbocycles. The van der Waals surface area contributed by atoms with E-state index in [-0.39, 0.29) is 5.56 Å². The molecule has 0 spiro atoms. The highest BCUT2D eigenvalue weighted by Crippen LogP contribution is 2.36. The summed E-state index contributed by atoms with van der Waals surface area (Å²) >= 11 is 3.27. The SMILES string of the molecule is CCSc1nc2sc3c(c2c(=O)n1-c1ccccc1OC)CCC3. The molecule has 6 heteroatoms. The van der Waals surface area contributed by atoms with Gasteiger partial charge in [-0.3, -0.25) is 9.36 Å². The van der Waals surface area contributed by atoms with Gasteiger partial charge in [0.25, 0.3) is 5.56 Å². The van der Waals surface area contributed by atoms with E-state index >= 15 is 0 Å². The van der Waals surface area contributed by atoms with Crippen molar-refractivity contribution in [3.05, 3.63) is 45.1 Å². The van der Waals surface area contributed by atoms with E-state index in [9.17, 15) is 4.79 Å². The van der Waals surface area contributed by atoms with Crippen LogP contribution in [0, 0.1) is 0 Å². The Kier molecular flexibility index (Phi) is 4.10. The number of benzene rings is 1. The predicted octanol–water partition coefficient (Wildman–Crippen LogP) is 4.06. The first-order valence-corrected chi connectivity index (χ1v) is 9.88. The van der Waals surface area contributed by atoms with Crippen molar-refractivity contribution in [2.24, 2.45) is 0 Å². The van der Waals surface area contributed by atoms with Crippen molar-refractivity contribution < 1.29 is 4.74 Å². The number of aromatic nitrogens is 2. The fourth-order valence-corrected chi connectivity index (χ4v) is 5.31. The van der Waals surface area contributed by atoms with Gasteiger partial charge in [-0.15, -0.1) is 11.3 Å². The van der Waals surface area contributed by atoms with E-state index in [0.717, 1.165) is 46.1 Å². The summed E-state index contributed by atoms with van der Waals surface area (Å²) in [5.41, 5.74) is 2.00. The summed E-state index contributed by atoms with van der Waals surface area (Å²) in [4.78, 5) is 20.4. The number of methoxy groups -OCH3 is 1. The molecule has 0 saturated carbocycles. The smallest absolute Gasteiger partial charge is 0.267 e. The Labute approximate surface area is 148 Å². The number of rotatable bonds is 4. The zero-order valence-electron chi connectivity index (χ0n) is 13.7. The largest absolute Gasteiger partial charge is 0.495 e. The second kappa shape index (κ2) is 6.26. The van der Waals surface area contributed by atoms with Crippen LogP contribution in [-0.2, 0) is 12.8 Å². The number of hydrogen-bond acceptors (Lipinski definition) is 5. The minimum Gasteiger partial charge on any atom is -0.495 e. The van der Waals surface area contributed by atoms with E-state index in [1.165, 1.54) is 10.4 Å². The van der Waals surface area contributed by atoms with Gasteiger partial charge in [-0.25, -0.2) is 4.98 Å². The number of thioether (sulfide) groups is 1. The third-order valence-corrected chi connectivity index (χ3v) is 6.31. The van der Waals surface area contributed by atoms with Crippen molar-refractivity contribution in [2.45, 2.75) is 31.3 Å². The number of hydrogen-bond donors (Lipinski definition) is 0. The zero-order valence-corrected chi connectivity index (χ0v) is 15.3. The highest BCUT2D eigenvalue weighted by atomic mass is 32.2. The molecular formula is C18H18N2O2S2. The Balaban J connectivity index is 2.07. The van der Waals surface area contributed by atoms with Crippen molar-refractivity contribution in [1.82, 2.24) is 9.55 Å². The summed E-state index contributed by atoms with van der Waals surface area (Å²) in [7, 11) is 1.63. The summed E-state index contributed by atoms with van der Waals surface area (Å²) in [5.74, 6) is 1.55. The average Bonchev–Trinajstić information content (AvgIpc) is 3.16. The topological polar surface area (TPSA) is 44.1 Å². The van der Waals surface area contributed by atoms with Gasteiger partial charge in [0, 0.05) is 4.88 Å². The molecule has 0 radical (unpaired) electrons. The fourth-order valence-electron chi connectivity index (χ4n) is 3.28. The van der Waals surface area contributed by atoms with Gasteiger partial charge in [0.2, 0.25) is 0 Å². The van der Waals surface area contributed by atoms with Crippen LogP contribution in [0.4, 0.5) is 0 Å². The lowest BCUT2D eigenvalue weighted by Crippen LogP contribution is -2.22. The van der Waals surface area contributed by atoms with Gasteiger partial charge in [0.05, 0.1) is 18.2 Å². The molecule has 3 aromatic rings. The van der Waals surface area contributed by atoms with E-state index in [1.807, 2.05) is 24.3 Å². The van der Waals surface area contributed by atoms with E-state index in [4.69, 9.17) is 9.72 Å². The van der Waals surface area contributed by atoms with Gasteiger partial charge >= 0.3 is 0 Å². The normalized spacial score (nSPS) is 13.4. The van der Waals surface area contributed by atoms with Crippen LogP contribution in [-0.4, -0.2) is 22.4 Å². The summed E-state index contributed by atoms with van der Waals surface area (Å²) in [6.07, 6.45) is 3.19. The second-order valence-electron chi connectivity index (χ2n) is 5.68. The number of para-hydroxylation sites is 2. The van der Waals surface area contributed by atoms with Gasteiger partial charge in [0.1, 0.15) is 10.6 Å². The Bertz CT molecular complexity index is 975. The highest BCUT2D eigenvalue weighted by Gasteiger charge is 2.24. The van der Waals surface area contributed by atoms with Crippen LogP contribution in [0.5, 0.6) is 5.75 Å². The molecule has 1 aliphatic carbocycles. The highest BCUT2D eigenvalue weighted by molar-refractivity contribution is 7.99. The molecule has 0 atom stereocenters. The first-order valence-electron chi connectivity index (χ1n) is 8.08. The number of aryl methyl sites for hydroxylation is 2. The third-order valence-electron chi connectivity index (χ3n) is 4.31. The lowest BCUT2D eigenvalue weighted by molar-refractivity contribution is 0.411. The molecule has 24 heavy (non-hydrogen) atoms. The molecule has 1 aliphatic rings. The van der Waals surface area contributed by atoms with E-state index < -0.39 is 0 Å². The van der Waals surface area contributed by atoms with Crippen molar-refractivity contribution in [3.63, 3.8) is 0 Å². The van der Waals surface area contributed by atoms with Gasteiger partial charge in [-0.2, -0.15) is 0 Å². The third kappa shape index (κ3) is 2.36. The van der Waals surface area contributed by atoms with E-state index in [1.54, 1.807) is 34.8 Å².